The van der Waals surface area contributed by atoms with E-state index in [1.54, 1.807) is 6.92 Å². The monoisotopic (exact) mass is 276 g/mol. The van der Waals surface area contributed by atoms with Crippen molar-refractivity contribution in [2.75, 3.05) is 24.6 Å². The lowest BCUT2D eigenvalue weighted by molar-refractivity contribution is -0.143. The molecule has 3 N–H and O–H groups in total. The molecule has 0 saturated heterocycles. The summed E-state index contributed by atoms with van der Waals surface area (Å²) >= 11 is 1.30. The van der Waals surface area contributed by atoms with Crippen LogP contribution in [0, 0.1) is 5.92 Å². The summed E-state index contributed by atoms with van der Waals surface area (Å²) in [5.74, 6) is -1.27. The van der Waals surface area contributed by atoms with E-state index in [9.17, 15) is 14.4 Å². The first kappa shape index (κ1) is 16.8. The topological polar surface area (TPSA) is 101 Å². The Hall–Kier alpha value is -1.24. The third-order valence-electron chi connectivity index (χ3n) is 2.35. The number of carbonyl (C=O) groups excluding carboxylic acids is 2. The van der Waals surface area contributed by atoms with Crippen molar-refractivity contribution in [1.29, 1.82) is 0 Å². The van der Waals surface area contributed by atoms with E-state index in [1.165, 1.54) is 16.7 Å². The third kappa shape index (κ3) is 7.16. The molecule has 0 aliphatic carbocycles. The first-order valence-electron chi connectivity index (χ1n) is 5.75. The molecule has 18 heavy (non-hydrogen) atoms. The van der Waals surface area contributed by atoms with E-state index in [0.717, 1.165) is 0 Å². The number of nitrogens with zero attached hydrogens (tertiary/aromatic N) is 1. The van der Waals surface area contributed by atoms with Crippen LogP contribution in [0.25, 0.3) is 0 Å². The second-order valence-corrected chi connectivity index (χ2v) is 5.05. The molecule has 2 amide bonds. The van der Waals surface area contributed by atoms with Gasteiger partial charge >= 0.3 is 5.97 Å². The Balaban J connectivity index is 4.03. The zero-order chi connectivity index (χ0) is 14.1. The average Bonchev–Trinajstić information content (AvgIpc) is 2.30. The fraction of sp³-hybridized carbons (Fsp3) is 0.727. The summed E-state index contributed by atoms with van der Waals surface area (Å²) in [6.07, 6.45) is 0.290. The number of carboxylic acid groups (broad SMARTS) is 1. The van der Waals surface area contributed by atoms with Gasteiger partial charge in [0.15, 0.2) is 0 Å². The number of amides is 2. The standard InChI is InChI=1S/C11H20N2O4S/c1-3-13(6-8(2)11(16)17)10(15)4-5-18-7-9(12)14/h8H,3-7H2,1-2H3,(H2,12,14)(H,16,17). The van der Waals surface area contributed by atoms with Crippen LogP contribution in [0.3, 0.4) is 0 Å². The molecule has 0 aliphatic rings. The average molecular weight is 276 g/mol. The Bertz CT molecular complexity index is 309. The predicted molar refractivity (Wildman–Crippen MR) is 70.2 cm³/mol. The number of primary amides is 1. The molecule has 0 fully saturated rings. The second-order valence-electron chi connectivity index (χ2n) is 3.94. The van der Waals surface area contributed by atoms with Gasteiger partial charge in [-0.3, -0.25) is 14.4 Å². The maximum Gasteiger partial charge on any atom is 0.308 e. The first-order chi connectivity index (χ1) is 8.38. The zero-order valence-electron chi connectivity index (χ0n) is 10.7. The van der Waals surface area contributed by atoms with Crippen LogP contribution in [0.2, 0.25) is 0 Å². The quantitative estimate of drug-likeness (QED) is 0.584. The number of carboxylic acids is 1. The molecule has 0 bridgehead atoms. The van der Waals surface area contributed by atoms with Gasteiger partial charge in [-0.15, -0.1) is 0 Å². The number of hydrogen-bond donors (Lipinski definition) is 2. The molecule has 104 valence electrons. The van der Waals surface area contributed by atoms with Crippen molar-refractivity contribution in [2.24, 2.45) is 11.7 Å². The van der Waals surface area contributed by atoms with Gasteiger partial charge in [-0.2, -0.15) is 11.8 Å². The molecule has 6 nitrogen and oxygen atoms in total. The van der Waals surface area contributed by atoms with Crippen molar-refractivity contribution < 1.29 is 19.5 Å². The van der Waals surface area contributed by atoms with Crippen molar-refractivity contribution in [3.63, 3.8) is 0 Å². The van der Waals surface area contributed by atoms with Crippen LogP contribution in [0.1, 0.15) is 20.3 Å². The highest BCUT2D eigenvalue weighted by Gasteiger charge is 2.18. The van der Waals surface area contributed by atoms with E-state index in [1.807, 2.05) is 6.92 Å². The van der Waals surface area contributed by atoms with Crippen molar-refractivity contribution in [3.8, 4) is 0 Å². The minimum atomic E-state index is -0.913. The lowest BCUT2D eigenvalue weighted by Crippen LogP contribution is -2.36. The SMILES string of the molecule is CCN(CC(C)C(=O)O)C(=O)CCSCC(N)=O. The Morgan fingerprint density at radius 3 is 2.44 bits per heavy atom. The van der Waals surface area contributed by atoms with Gasteiger partial charge in [0.1, 0.15) is 0 Å². The first-order valence-corrected chi connectivity index (χ1v) is 6.90. The predicted octanol–water partition coefficient (Wildman–Crippen LogP) is 0.164. The Kier molecular flexibility index (Phi) is 8.19. The number of rotatable bonds is 9. The Morgan fingerprint density at radius 1 is 1.39 bits per heavy atom. The Labute approximate surface area is 111 Å². The fourth-order valence-electron chi connectivity index (χ4n) is 1.31. The smallest absolute Gasteiger partial charge is 0.308 e. The highest BCUT2D eigenvalue weighted by molar-refractivity contribution is 7.99. The summed E-state index contributed by atoms with van der Waals surface area (Å²) in [5, 5.41) is 8.79. The second kappa shape index (κ2) is 8.79. The van der Waals surface area contributed by atoms with E-state index < -0.39 is 17.8 Å². The van der Waals surface area contributed by atoms with E-state index in [-0.39, 0.29) is 24.6 Å². The summed E-state index contributed by atoms with van der Waals surface area (Å²) < 4.78 is 0. The molecule has 0 aliphatic heterocycles. The number of carbonyl (C=O) groups is 3. The lowest BCUT2D eigenvalue weighted by Gasteiger charge is -2.22. The van der Waals surface area contributed by atoms with Crippen LogP contribution < -0.4 is 5.73 Å². The molecule has 0 spiro atoms. The van der Waals surface area contributed by atoms with Crippen LogP contribution in [0.5, 0.6) is 0 Å². The van der Waals surface area contributed by atoms with Crippen molar-refractivity contribution in [1.82, 2.24) is 4.90 Å². The molecule has 1 unspecified atom stereocenters. The van der Waals surface area contributed by atoms with Gasteiger partial charge < -0.3 is 15.7 Å². The fourth-order valence-corrected chi connectivity index (χ4v) is 1.97. The largest absolute Gasteiger partial charge is 0.481 e. The molecule has 7 heteroatoms. The maximum absolute atomic E-state index is 11.8. The number of hydrogen-bond acceptors (Lipinski definition) is 4. The summed E-state index contributed by atoms with van der Waals surface area (Å²) in [6.45, 7) is 4.07. The third-order valence-corrected chi connectivity index (χ3v) is 3.34. The van der Waals surface area contributed by atoms with Crippen molar-refractivity contribution in [3.05, 3.63) is 0 Å². The molecule has 0 saturated carbocycles. The summed E-state index contributed by atoms with van der Waals surface area (Å²) in [6, 6.07) is 0. The van der Waals surface area contributed by atoms with Gasteiger partial charge in [0.2, 0.25) is 11.8 Å². The van der Waals surface area contributed by atoms with E-state index >= 15 is 0 Å². The normalized spacial score (nSPS) is 11.9. The lowest BCUT2D eigenvalue weighted by atomic mass is 10.1. The summed E-state index contributed by atoms with van der Waals surface area (Å²) in [7, 11) is 0. The molecular formula is C11H20N2O4S. The molecule has 0 rings (SSSR count). The number of aliphatic carboxylic acids is 1. The van der Waals surface area contributed by atoms with Crippen LogP contribution in [-0.2, 0) is 14.4 Å². The van der Waals surface area contributed by atoms with Crippen LogP contribution in [0.15, 0.2) is 0 Å². The molecular weight excluding hydrogens is 256 g/mol. The zero-order valence-corrected chi connectivity index (χ0v) is 11.5. The molecule has 0 heterocycles. The Morgan fingerprint density at radius 2 is 2.00 bits per heavy atom. The van der Waals surface area contributed by atoms with E-state index in [2.05, 4.69) is 0 Å². The van der Waals surface area contributed by atoms with Crippen LogP contribution in [-0.4, -0.2) is 52.4 Å². The highest BCUT2D eigenvalue weighted by atomic mass is 32.2. The van der Waals surface area contributed by atoms with E-state index in [4.69, 9.17) is 10.8 Å². The molecule has 1 atom stereocenters. The highest BCUT2D eigenvalue weighted by Crippen LogP contribution is 2.07. The van der Waals surface area contributed by atoms with Gasteiger partial charge in [-0.1, -0.05) is 6.92 Å². The van der Waals surface area contributed by atoms with Crippen molar-refractivity contribution in [2.45, 2.75) is 20.3 Å². The van der Waals surface area contributed by atoms with Gasteiger partial charge in [-0.05, 0) is 6.92 Å². The van der Waals surface area contributed by atoms with Crippen molar-refractivity contribution >= 4 is 29.5 Å². The molecule has 0 aromatic rings. The number of thioether (sulfide) groups is 1. The van der Waals surface area contributed by atoms with Crippen LogP contribution >= 0.6 is 11.8 Å². The van der Waals surface area contributed by atoms with Crippen LogP contribution in [0.4, 0.5) is 0 Å². The van der Waals surface area contributed by atoms with Gasteiger partial charge in [-0.25, -0.2) is 0 Å². The summed E-state index contributed by atoms with van der Waals surface area (Å²) in [4.78, 5) is 34.5. The minimum absolute atomic E-state index is 0.0948. The number of nitrogens with two attached hydrogens (primary N) is 1. The maximum atomic E-state index is 11.8. The molecule has 0 radical (unpaired) electrons. The summed E-state index contributed by atoms with van der Waals surface area (Å²) in [5.41, 5.74) is 4.97. The molecule has 0 aromatic carbocycles. The van der Waals surface area contributed by atoms with Gasteiger partial charge in [0.05, 0.1) is 11.7 Å². The minimum Gasteiger partial charge on any atom is -0.481 e. The van der Waals surface area contributed by atoms with E-state index in [0.29, 0.717) is 12.3 Å². The van der Waals surface area contributed by atoms with Gasteiger partial charge in [0, 0.05) is 25.3 Å². The molecule has 0 aromatic heterocycles. The van der Waals surface area contributed by atoms with Gasteiger partial charge in [0.25, 0.3) is 0 Å².